The minimum Gasteiger partial charge on any atom is -0.294 e. The molecule has 64 valence electrons. The molecule has 3 nitrogen and oxygen atoms in total. The molecule has 1 amide bonds. The molecule has 0 bridgehead atoms. The number of hydrazine groups is 1. The molecule has 0 aliphatic heterocycles. The van der Waals surface area contributed by atoms with Crippen LogP contribution >= 0.6 is 0 Å². The van der Waals surface area contributed by atoms with Gasteiger partial charge in [0.25, 0.3) is 0 Å². The molecule has 1 aliphatic rings. The molecule has 0 unspecified atom stereocenters. The van der Waals surface area contributed by atoms with E-state index in [9.17, 15) is 9.18 Å². The molecule has 0 spiro atoms. The second-order valence-electron chi connectivity index (χ2n) is 2.96. The van der Waals surface area contributed by atoms with Gasteiger partial charge in [-0.3, -0.25) is 10.2 Å². The van der Waals surface area contributed by atoms with Crippen LogP contribution in [0, 0.1) is 5.92 Å². The number of nitrogens with one attached hydrogen (secondary N) is 1. The van der Waals surface area contributed by atoms with E-state index in [0.29, 0.717) is 25.7 Å². The molecule has 0 aromatic heterocycles. The maximum absolute atomic E-state index is 12.6. The van der Waals surface area contributed by atoms with Crippen LogP contribution in [0.2, 0.25) is 0 Å². The molecule has 1 rings (SSSR count). The first-order chi connectivity index (χ1) is 5.24. The van der Waals surface area contributed by atoms with Crippen molar-refractivity contribution in [3.8, 4) is 0 Å². The van der Waals surface area contributed by atoms with Gasteiger partial charge in [0, 0.05) is 5.92 Å². The van der Waals surface area contributed by atoms with Gasteiger partial charge in [0.05, 0.1) is 0 Å². The monoisotopic (exact) mass is 160 g/mol. The smallest absolute Gasteiger partial charge is 0.236 e. The first-order valence-corrected chi connectivity index (χ1v) is 3.88. The molecule has 0 heterocycles. The van der Waals surface area contributed by atoms with Crippen LogP contribution in [0.25, 0.3) is 0 Å². The predicted molar refractivity (Wildman–Crippen MR) is 39.2 cm³/mol. The molecule has 0 aromatic rings. The average Bonchev–Trinajstić information content (AvgIpc) is 2.05. The Kier molecular flexibility index (Phi) is 2.82. The Morgan fingerprint density at radius 1 is 1.36 bits per heavy atom. The number of alkyl halides is 1. The van der Waals surface area contributed by atoms with Crippen LogP contribution in [0.4, 0.5) is 4.39 Å². The summed E-state index contributed by atoms with van der Waals surface area (Å²) in [6.45, 7) is 0. The maximum atomic E-state index is 12.6. The van der Waals surface area contributed by atoms with Gasteiger partial charge in [0.2, 0.25) is 5.91 Å². The van der Waals surface area contributed by atoms with E-state index in [1.54, 1.807) is 0 Å². The number of carbonyl (C=O) groups excluding carboxylic acids is 1. The molecule has 1 aliphatic carbocycles. The second-order valence-corrected chi connectivity index (χ2v) is 2.96. The molecular formula is C7H13FN2O. The normalized spacial score (nSPS) is 31.5. The van der Waals surface area contributed by atoms with Crippen molar-refractivity contribution < 1.29 is 9.18 Å². The molecule has 3 N–H and O–H groups in total. The topological polar surface area (TPSA) is 55.1 Å². The second kappa shape index (κ2) is 3.67. The molecule has 0 atom stereocenters. The lowest BCUT2D eigenvalue weighted by atomic mass is 9.88. The molecule has 4 heteroatoms. The third-order valence-corrected chi connectivity index (χ3v) is 2.17. The number of hydrogen-bond donors (Lipinski definition) is 2. The van der Waals surface area contributed by atoms with Crippen LogP contribution in [0.5, 0.6) is 0 Å². The molecule has 1 fully saturated rings. The van der Waals surface area contributed by atoms with Gasteiger partial charge in [-0.25, -0.2) is 10.2 Å². The van der Waals surface area contributed by atoms with E-state index in [4.69, 9.17) is 5.84 Å². The molecule has 1 saturated carbocycles. The van der Waals surface area contributed by atoms with E-state index in [1.807, 2.05) is 0 Å². The van der Waals surface area contributed by atoms with Crippen molar-refractivity contribution in [1.29, 1.82) is 0 Å². The summed E-state index contributed by atoms with van der Waals surface area (Å²) in [5, 5.41) is 0. The van der Waals surface area contributed by atoms with Crippen molar-refractivity contribution in [3.63, 3.8) is 0 Å². The lowest BCUT2D eigenvalue weighted by Crippen LogP contribution is -2.37. The van der Waals surface area contributed by atoms with Gasteiger partial charge in [0.15, 0.2) is 0 Å². The summed E-state index contributed by atoms with van der Waals surface area (Å²) in [5.41, 5.74) is 2.09. The molecule has 11 heavy (non-hydrogen) atoms. The first-order valence-electron chi connectivity index (χ1n) is 3.88. The summed E-state index contributed by atoms with van der Waals surface area (Å²) in [4.78, 5) is 10.9. The van der Waals surface area contributed by atoms with Crippen molar-refractivity contribution >= 4 is 5.91 Å². The zero-order valence-corrected chi connectivity index (χ0v) is 6.35. The number of carbonyl (C=O) groups is 1. The quantitative estimate of drug-likeness (QED) is 0.333. The Labute approximate surface area is 65.1 Å². The fraction of sp³-hybridized carbons (Fsp3) is 0.857. The number of halogens is 1. The van der Waals surface area contributed by atoms with Gasteiger partial charge in [-0.05, 0) is 25.7 Å². The van der Waals surface area contributed by atoms with Crippen LogP contribution in [0.15, 0.2) is 0 Å². The van der Waals surface area contributed by atoms with Crippen LogP contribution in [0.1, 0.15) is 25.7 Å². The number of hydrogen-bond acceptors (Lipinski definition) is 2. The Morgan fingerprint density at radius 2 is 1.91 bits per heavy atom. The van der Waals surface area contributed by atoms with Gasteiger partial charge >= 0.3 is 0 Å². The molecular weight excluding hydrogens is 147 g/mol. The zero-order valence-electron chi connectivity index (χ0n) is 6.35. The summed E-state index contributed by atoms with van der Waals surface area (Å²) in [7, 11) is 0. The van der Waals surface area contributed by atoms with Crippen molar-refractivity contribution in [3.05, 3.63) is 0 Å². The van der Waals surface area contributed by atoms with Crippen LogP contribution in [0.3, 0.4) is 0 Å². The van der Waals surface area contributed by atoms with Crippen molar-refractivity contribution in [1.82, 2.24) is 5.43 Å². The zero-order chi connectivity index (χ0) is 8.27. The third-order valence-electron chi connectivity index (χ3n) is 2.17. The maximum Gasteiger partial charge on any atom is 0.236 e. The third kappa shape index (κ3) is 2.15. The highest BCUT2D eigenvalue weighted by molar-refractivity contribution is 5.77. The van der Waals surface area contributed by atoms with Crippen LogP contribution < -0.4 is 11.3 Å². The highest BCUT2D eigenvalue weighted by atomic mass is 19.1. The Bertz CT molecular complexity index is 143. The van der Waals surface area contributed by atoms with E-state index >= 15 is 0 Å². The molecule has 0 aromatic carbocycles. The summed E-state index contributed by atoms with van der Waals surface area (Å²) in [6.07, 6.45) is 1.54. The summed E-state index contributed by atoms with van der Waals surface area (Å²) in [6, 6.07) is 0. The van der Waals surface area contributed by atoms with Crippen molar-refractivity contribution in [2.24, 2.45) is 11.8 Å². The summed E-state index contributed by atoms with van der Waals surface area (Å²) >= 11 is 0. The number of nitrogens with two attached hydrogens (primary N) is 1. The predicted octanol–water partition coefficient (Wildman–Crippen LogP) is 0.505. The Morgan fingerprint density at radius 3 is 2.36 bits per heavy atom. The Balaban J connectivity index is 2.33. The highest BCUT2D eigenvalue weighted by Gasteiger charge is 2.25. The van der Waals surface area contributed by atoms with E-state index in [-0.39, 0.29) is 11.8 Å². The van der Waals surface area contributed by atoms with Gasteiger partial charge in [-0.15, -0.1) is 0 Å². The first kappa shape index (κ1) is 8.46. The molecule has 0 saturated heterocycles. The summed E-state index contributed by atoms with van der Waals surface area (Å²) in [5.74, 6) is 4.73. The minimum absolute atomic E-state index is 0.0630. The number of amides is 1. The summed E-state index contributed by atoms with van der Waals surface area (Å²) < 4.78 is 12.6. The van der Waals surface area contributed by atoms with Gasteiger partial charge < -0.3 is 0 Å². The van der Waals surface area contributed by atoms with Gasteiger partial charge in [-0.1, -0.05) is 0 Å². The van der Waals surface area contributed by atoms with E-state index in [1.165, 1.54) is 0 Å². The minimum atomic E-state index is -0.711. The molecule has 0 radical (unpaired) electrons. The van der Waals surface area contributed by atoms with E-state index in [0.717, 1.165) is 0 Å². The fourth-order valence-corrected chi connectivity index (χ4v) is 1.43. The fourth-order valence-electron chi connectivity index (χ4n) is 1.43. The van der Waals surface area contributed by atoms with Crippen molar-refractivity contribution in [2.45, 2.75) is 31.9 Å². The van der Waals surface area contributed by atoms with E-state index < -0.39 is 6.17 Å². The van der Waals surface area contributed by atoms with E-state index in [2.05, 4.69) is 5.43 Å². The number of rotatable bonds is 1. The van der Waals surface area contributed by atoms with Crippen LogP contribution in [-0.2, 0) is 4.79 Å². The SMILES string of the molecule is NNC(=O)C1CCC(F)CC1. The Hall–Kier alpha value is -0.640. The van der Waals surface area contributed by atoms with Gasteiger partial charge in [-0.2, -0.15) is 0 Å². The van der Waals surface area contributed by atoms with Gasteiger partial charge in [0.1, 0.15) is 6.17 Å². The van der Waals surface area contributed by atoms with Crippen molar-refractivity contribution in [2.75, 3.05) is 0 Å². The lowest BCUT2D eigenvalue weighted by molar-refractivity contribution is -0.126. The van der Waals surface area contributed by atoms with Crippen LogP contribution in [-0.4, -0.2) is 12.1 Å². The lowest BCUT2D eigenvalue weighted by Gasteiger charge is -2.22. The standard InChI is InChI=1S/C7H13FN2O/c8-6-3-1-5(2-4-6)7(11)10-9/h5-6H,1-4,9H2,(H,10,11). The average molecular weight is 160 g/mol. The highest BCUT2D eigenvalue weighted by Crippen LogP contribution is 2.25. The largest absolute Gasteiger partial charge is 0.294 e.